The lowest BCUT2D eigenvalue weighted by Gasteiger charge is -2.34. The number of piperazine rings is 1. The molecule has 0 bridgehead atoms. The number of benzene rings is 2. The Balaban J connectivity index is 1.23. The topological polar surface area (TPSA) is 99.4 Å². The summed E-state index contributed by atoms with van der Waals surface area (Å²) in [5.41, 5.74) is 7.16. The highest BCUT2D eigenvalue weighted by molar-refractivity contribution is 6.05. The fraction of sp³-hybridized carbons (Fsp3) is 0.294. The van der Waals surface area contributed by atoms with Crippen LogP contribution in [0, 0.1) is 19.8 Å². The van der Waals surface area contributed by atoms with Gasteiger partial charge in [-0.3, -0.25) is 4.79 Å². The maximum atomic E-state index is 13.9. The highest BCUT2D eigenvalue weighted by Crippen LogP contribution is 2.33. The monoisotopic (exact) mass is 593 g/mol. The molecule has 226 valence electrons. The predicted molar refractivity (Wildman–Crippen MR) is 172 cm³/mol. The third-order valence-electron chi connectivity index (χ3n) is 8.13. The lowest BCUT2D eigenvalue weighted by molar-refractivity contribution is 0.102. The van der Waals surface area contributed by atoms with Crippen molar-refractivity contribution in [2.45, 2.75) is 27.2 Å². The molecule has 0 radical (unpaired) electrons. The molecule has 1 aliphatic heterocycles. The molecule has 0 spiro atoms. The second kappa shape index (κ2) is 12.4. The number of rotatable bonds is 7. The Hall–Kier alpha value is -4.83. The van der Waals surface area contributed by atoms with Crippen molar-refractivity contribution in [3.05, 3.63) is 95.2 Å². The molecule has 10 heteroatoms. The van der Waals surface area contributed by atoms with Crippen molar-refractivity contribution >= 4 is 34.5 Å². The summed E-state index contributed by atoms with van der Waals surface area (Å²) >= 11 is 0. The Kier molecular flexibility index (Phi) is 8.25. The first-order valence-electron chi connectivity index (χ1n) is 14.8. The average Bonchev–Trinajstić information content (AvgIpc) is 3.46. The van der Waals surface area contributed by atoms with E-state index in [1.807, 2.05) is 51.1 Å². The Bertz CT molecular complexity index is 1750. The van der Waals surface area contributed by atoms with Gasteiger partial charge in [-0.2, -0.15) is 0 Å². The minimum absolute atomic E-state index is 0.123. The maximum Gasteiger partial charge on any atom is 0.255 e. The largest absolute Gasteiger partial charge is 0.369 e. The Morgan fingerprint density at radius 1 is 1.02 bits per heavy atom. The zero-order valence-electron chi connectivity index (χ0n) is 25.4. The molecule has 4 aromatic rings. The minimum atomic E-state index is -0.242. The minimum Gasteiger partial charge on any atom is -0.369 e. The molecule has 2 aromatic carbocycles. The molecule has 2 N–H and O–H groups in total. The van der Waals surface area contributed by atoms with E-state index in [-0.39, 0.29) is 17.7 Å². The van der Waals surface area contributed by atoms with Crippen LogP contribution < -0.4 is 15.5 Å². The standard InChI is InChI=1S/C34H36FN7O2/c1-21-5-6-25(19-31(21)39-34-36-10-9-30(38-34)24-7-8-29(35)22(2)15-24)33(43)37-27-17-26(32-16-23(3)40-44-32)18-28(20-27)42-13-11-41(4)12-14-42/h5-10,16-20,22H,11-15H2,1-4H3,(H,37,43)(H,36,38,39). The molecular formula is C34H36FN7O2. The van der Waals surface area contributed by atoms with Gasteiger partial charge in [-0.15, -0.1) is 0 Å². The van der Waals surface area contributed by atoms with Crippen LogP contribution in [-0.4, -0.2) is 59.2 Å². The van der Waals surface area contributed by atoms with E-state index in [0.29, 0.717) is 29.4 Å². The van der Waals surface area contributed by atoms with Crippen molar-refractivity contribution < 1.29 is 13.7 Å². The van der Waals surface area contributed by atoms with E-state index in [1.165, 1.54) is 6.08 Å². The molecule has 1 aliphatic carbocycles. The number of aromatic nitrogens is 3. The SMILES string of the molecule is Cc1cc(-c2cc(NC(=O)c3ccc(C)c(Nc4nccc(C5=CC=C(F)C(C)C5)n4)c3)cc(N3CCN(C)CC3)c2)on1. The van der Waals surface area contributed by atoms with Crippen molar-refractivity contribution in [3.8, 4) is 11.3 Å². The van der Waals surface area contributed by atoms with Gasteiger partial charge in [0.15, 0.2) is 5.76 Å². The van der Waals surface area contributed by atoms with Crippen LogP contribution in [0.2, 0.25) is 0 Å². The number of hydrogen-bond donors (Lipinski definition) is 2. The second-order valence-electron chi connectivity index (χ2n) is 11.6. The summed E-state index contributed by atoms with van der Waals surface area (Å²) < 4.78 is 19.4. The van der Waals surface area contributed by atoms with E-state index >= 15 is 0 Å². The van der Waals surface area contributed by atoms with E-state index < -0.39 is 0 Å². The van der Waals surface area contributed by atoms with E-state index in [9.17, 15) is 9.18 Å². The lowest BCUT2D eigenvalue weighted by atomic mass is 9.93. The Morgan fingerprint density at radius 3 is 2.59 bits per heavy atom. The smallest absolute Gasteiger partial charge is 0.255 e. The maximum absolute atomic E-state index is 13.9. The van der Waals surface area contributed by atoms with Gasteiger partial charge in [0, 0.05) is 72.5 Å². The molecule has 1 atom stereocenters. The normalized spacial score (nSPS) is 17.2. The molecule has 2 aromatic heterocycles. The summed E-state index contributed by atoms with van der Waals surface area (Å²) in [6.07, 6.45) is 5.52. The van der Waals surface area contributed by atoms with E-state index in [0.717, 1.165) is 65.6 Å². The zero-order valence-corrected chi connectivity index (χ0v) is 25.4. The van der Waals surface area contributed by atoms with Gasteiger partial charge >= 0.3 is 0 Å². The first-order chi connectivity index (χ1) is 21.2. The molecule has 0 saturated carbocycles. The van der Waals surface area contributed by atoms with Gasteiger partial charge in [-0.1, -0.05) is 24.2 Å². The molecular weight excluding hydrogens is 557 g/mol. The molecule has 2 aliphatic rings. The van der Waals surface area contributed by atoms with E-state index in [1.54, 1.807) is 24.4 Å². The van der Waals surface area contributed by atoms with Crippen LogP contribution in [0.3, 0.4) is 0 Å². The molecule has 3 heterocycles. The van der Waals surface area contributed by atoms with Gasteiger partial charge in [-0.25, -0.2) is 14.4 Å². The van der Waals surface area contributed by atoms with E-state index in [4.69, 9.17) is 4.52 Å². The Morgan fingerprint density at radius 2 is 1.84 bits per heavy atom. The Labute approximate surface area is 256 Å². The number of amides is 1. The van der Waals surface area contributed by atoms with Gasteiger partial charge in [0.05, 0.1) is 11.4 Å². The number of allylic oxidation sites excluding steroid dienone is 4. The summed E-state index contributed by atoms with van der Waals surface area (Å²) in [5.74, 6) is 0.503. The molecule has 44 heavy (non-hydrogen) atoms. The first kappa shape index (κ1) is 29.3. The molecule has 1 unspecified atom stereocenters. The average molecular weight is 594 g/mol. The summed E-state index contributed by atoms with van der Waals surface area (Å²) in [6, 6.07) is 15.2. The molecule has 9 nitrogen and oxygen atoms in total. The first-order valence-corrected chi connectivity index (χ1v) is 14.8. The van der Waals surface area contributed by atoms with Gasteiger partial charge in [-0.05, 0) is 80.9 Å². The number of carbonyl (C=O) groups excluding carboxylic acids is 1. The van der Waals surface area contributed by atoms with Crippen LogP contribution in [0.25, 0.3) is 16.9 Å². The second-order valence-corrected chi connectivity index (χ2v) is 11.6. The lowest BCUT2D eigenvalue weighted by Crippen LogP contribution is -2.44. The molecule has 6 rings (SSSR count). The van der Waals surface area contributed by atoms with Gasteiger partial charge in [0.2, 0.25) is 5.95 Å². The van der Waals surface area contributed by atoms with Gasteiger partial charge in [0.25, 0.3) is 5.91 Å². The van der Waals surface area contributed by atoms with Crippen molar-refractivity contribution in [2.75, 3.05) is 48.8 Å². The molecule has 1 amide bonds. The number of hydrogen-bond acceptors (Lipinski definition) is 8. The zero-order chi connectivity index (χ0) is 30.8. The summed E-state index contributed by atoms with van der Waals surface area (Å²) in [7, 11) is 2.12. The van der Waals surface area contributed by atoms with Crippen LogP contribution in [0.15, 0.2) is 77.2 Å². The van der Waals surface area contributed by atoms with Crippen molar-refractivity contribution in [2.24, 2.45) is 5.92 Å². The summed E-state index contributed by atoms with van der Waals surface area (Å²) in [6.45, 7) is 9.41. The number of aryl methyl sites for hydroxylation is 2. The van der Waals surface area contributed by atoms with Crippen LogP contribution in [0.5, 0.6) is 0 Å². The third-order valence-corrected chi connectivity index (χ3v) is 8.13. The quantitative estimate of drug-likeness (QED) is 0.242. The van der Waals surface area contributed by atoms with Crippen LogP contribution >= 0.6 is 0 Å². The summed E-state index contributed by atoms with van der Waals surface area (Å²) in [5, 5.41) is 10.4. The van der Waals surface area contributed by atoms with Crippen LogP contribution in [0.4, 0.5) is 27.4 Å². The van der Waals surface area contributed by atoms with Crippen LogP contribution in [0.1, 0.15) is 40.7 Å². The van der Waals surface area contributed by atoms with Crippen LogP contribution in [-0.2, 0) is 0 Å². The van der Waals surface area contributed by atoms with Crippen molar-refractivity contribution in [3.63, 3.8) is 0 Å². The number of anilines is 4. The molecule has 1 fully saturated rings. The van der Waals surface area contributed by atoms with Crippen molar-refractivity contribution in [1.29, 1.82) is 0 Å². The third kappa shape index (κ3) is 6.55. The van der Waals surface area contributed by atoms with Gasteiger partial charge in [0.1, 0.15) is 5.83 Å². The highest BCUT2D eigenvalue weighted by Gasteiger charge is 2.19. The number of nitrogens with zero attached hydrogens (tertiary/aromatic N) is 5. The van der Waals surface area contributed by atoms with E-state index in [2.05, 4.69) is 48.7 Å². The fourth-order valence-corrected chi connectivity index (χ4v) is 5.42. The number of carbonyl (C=O) groups is 1. The highest BCUT2D eigenvalue weighted by atomic mass is 19.1. The molecule has 1 saturated heterocycles. The van der Waals surface area contributed by atoms with Gasteiger partial charge < -0.3 is 25.0 Å². The fourth-order valence-electron chi connectivity index (χ4n) is 5.42. The van der Waals surface area contributed by atoms with Crippen molar-refractivity contribution in [1.82, 2.24) is 20.0 Å². The summed E-state index contributed by atoms with van der Waals surface area (Å²) in [4.78, 5) is 27.2. The number of halogens is 1. The number of likely N-dealkylation sites (N-methyl/N-ethyl adjacent to an activating group) is 1. The predicted octanol–water partition coefficient (Wildman–Crippen LogP) is 6.77. The number of nitrogens with one attached hydrogen (secondary N) is 2.